The molecule has 4 heteroatoms. The van der Waals surface area contributed by atoms with E-state index in [0.29, 0.717) is 5.76 Å². The van der Waals surface area contributed by atoms with Crippen LogP contribution in [-0.2, 0) is 6.42 Å². The van der Waals surface area contributed by atoms with Crippen molar-refractivity contribution in [3.63, 3.8) is 0 Å². The van der Waals surface area contributed by atoms with Gasteiger partial charge in [0.1, 0.15) is 23.4 Å². The van der Waals surface area contributed by atoms with E-state index >= 15 is 0 Å². The summed E-state index contributed by atoms with van der Waals surface area (Å²) in [6.45, 7) is 2.01. The van der Waals surface area contributed by atoms with E-state index in [0.717, 1.165) is 28.0 Å². The molecule has 0 amide bonds. The van der Waals surface area contributed by atoms with Crippen molar-refractivity contribution in [2.75, 3.05) is 7.11 Å². The van der Waals surface area contributed by atoms with Crippen molar-refractivity contribution < 1.29 is 14.3 Å². The maximum absolute atomic E-state index is 10.3. The van der Waals surface area contributed by atoms with Gasteiger partial charge in [-0.25, -0.2) is 0 Å². The summed E-state index contributed by atoms with van der Waals surface area (Å²) in [5.74, 6) is 2.16. The second kappa shape index (κ2) is 5.59. The summed E-state index contributed by atoms with van der Waals surface area (Å²) in [5.41, 5.74) is 0.757. The Morgan fingerprint density at radius 1 is 1.33 bits per heavy atom. The van der Waals surface area contributed by atoms with Crippen molar-refractivity contribution in [2.24, 2.45) is 0 Å². The number of hydrogen-bond acceptors (Lipinski definition) is 3. The molecular weight excluding hydrogens is 296 g/mol. The van der Waals surface area contributed by atoms with Crippen LogP contribution in [0.2, 0.25) is 0 Å². The molecule has 0 aliphatic rings. The molecule has 1 heterocycles. The Morgan fingerprint density at radius 3 is 2.67 bits per heavy atom. The van der Waals surface area contributed by atoms with Gasteiger partial charge in [-0.2, -0.15) is 0 Å². The highest BCUT2D eigenvalue weighted by molar-refractivity contribution is 9.10. The second-order valence-corrected chi connectivity index (χ2v) is 4.80. The molecule has 1 N–H and O–H groups in total. The minimum atomic E-state index is -0.773. The lowest BCUT2D eigenvalue weighted by molar-refractivity contribution is 0.186. The van der Waals surface area contributed by atoms with Gasteiger partial charge in [-0.1, -0.05) is 28.9 Å². The molecule has 1 aromatic heterocycles. The van der Waals surface area contributed by atoms with Gasteiger partial charge >= 0.3 is 0 Å². The first kappa shape index (κ1) is 13.2. The summed E-state index contributed by atoms with van der Waals surface area (Å²) >= 11 is 3.43. The Labute approximate surface area is 115 Å². The van der Waals surface area contributed by atoms with Gasteiger partial charge in [-0.3, -0.25) is 0 Å². The predicted molar refractivity (Wildman–Crippen MR) is 72.8 cm³/mol. The third-order valence-electron chi connectivity index (χ3n) is 2.80. The number of benzene rings is 1. The molecule has 96 valence electrons. The molecule has 0 aliphatic carbocycles. The Hall–Kier alpha value is -1.26. The van der Waals surface area contributed by atoms with Crippen molar-refractivity contribution >= 4 is 15.9 Å². The lowest BCUT2D eigenvalue weighted by Crippen LogP contribution is -1.99. The summed E-state index contributed by atoms with van der Waals surface area (Å²) in [5, 5.41) is 10.3. The van der Waals surface area contributed by atoms with Gasteiger partial charge in [-0.05, 0) is 24.3 Å². The van der Waals surface area contributed by atoms with Gasteiger partial charge in [0.15, 0.2) is 0 Å². The van der Waals surface area contributed by atoms with Crippen LogP contribution < -0.4 is 4.74 Å². The van der Waals surface area contributed by atoms with E-state index in [1.807, 2.05) is 31.2 Å². The van der Waals surface area contributed by atoms with Crippen LogP contribution >= 0.6 is 15.9 Å². The first-order valence-electron chi connectivity index (χ1n) is 5.75. The van der Waals surface area contributed by atoms with Crippen molar-refractivity contribution in [2.45, 2.75) is 19.4 Å². The number of methoxy groups -OCH3 is 1. The standard InChI is InChI=1S/C14H15BrO3/c1-3-9-5-7-13(18-9)14(16)11-6-4-10(17-2)8-12(11)15/h4-8,14,16H,3H2,1-2H3. The summed E-state index contributed by atoms with van der Waals surface area (Å²) in [7, 11) is 1.61. The van der Waals surface area contributed by atoms with E-state index in [1.165, 1.54) is 0 Å². The molecule has 2 rings (SSSR count). The minimum absolute atomic E-state index is 0.553. The minimum Gasteiger partial charge on any atom is -0.497 e. The Bertz CT molecular complexity index is 534. The van der Waals surface area contributed by atoms with Crippen molar-refractivity contribution in [1.82, 2.24) is 0 Å². The number of aliphatic hydroxyl groups excluding tert-OH is 1. The SMILES string of the molecule is CCc1ccc(C(O)c2ccc(OC)cc2Br)o1. The zero-order valence-corrected chi connectivity index (χ0v) is 11.9. The van der Waals surface area contributed by atoms with E-state index in [9.17, 15) is 5.11 Å². The monoisotopic (exact) mass is 310 g/mol. The molecule has 1 atom stereocenters. The van der Waals surface area contributed by atoms with Crippen LogP contribution in [0.1, 0.15) is 30.1 Å². The largest absolute Gasteiger partial charge is 0.497 e. The first-order valence-corrected chi connectivity index (χ1v) is 6.55. The number of aryl methyl sites for hydroxylation is 1. The topological polar surface area (TPSA) is 42.6 Å². The number of furan rings is 1. The number of rotatable bonds is 4. The smallest absolute Gasteiger partial charge is 0.138 e. The molecule has 18 heavy (non-hydrogen) atoms. The third kappa shape index (κ3) is 2.60. The fourth-order valence-corrected chi connectivity index (χ4v) is 2.32. The van der Waals surface area contributed by atoms with Gasteiger partial charge in [0, 0.05) is 16.5 Å². The van der Waals surface area contributed by atoms with Crippen molar-refractivity contribution in [3.05, 3.63) is 51.9 Å². The molecule has 0 bridgehead atoms. The number of hydrogen-bond donors (Lipinski definition) is 1. The molecule has 2 aromatic rings. The van der Waals surface area contributed by atoms with Gasteiger partial charge < -0.3 is 14.3 Å². The Kier molecular flexibility index (Phi) is 4.09. The zero-order valence-electron chi connectivity index (χ0n) is 10.3. The Balaban J connectivity index is 2.30. The summed E-state index contributed by atoms with van der Waals surface area (Å²) < 4.78 is 11.5. The number of aliphatic hydroxyl groups is 1. The maximum atomic E-state index is 10.3. The van der Waals surface area contributed by atoms with Gasteiger partial charge in [0.2, 0.25) is 0 Å². The quantitative estimate of drug-likeness (QED) is 0.936. The van der Waals surface area contributed by atoms with E-state index in [4.69, 9.17) is 9.15 Å². The molecule has 0 fully saturated rings. The summed E-state index contributed by atoms with van der Waals surface area (Å²) in [4.78, 5) is 0. The van der Waals surface area contributed by atoms with Crippen LogP contribution in [0.5, 0.6) is 5.75 Å². The van der Waals surface area contributed by atoms with Crippen LogP contribution in [0.25, 0.3) is 0 Å². The molecule has 1 aromatic carbocycles. The van der Waals surface area contributed by atoms with Gasteiger partial charge in [0.25, 0.3) is 0 Å². The first-order chi connectivity index (χ1) is 8.65. The number of halogens is 1. The number of ether oxygens (including phenoxy) is 1. The van der Waals surface area contributed by atoms with E-state index in [2.05, 4.69) is 15.9 Å². The normalized spacial score (nSPS) is 12.4. The van der Waals surface area contributed by atoms with Crippen LogP contribution in [0.4, 0.5) is 0 Å². The molecule has 0 saturated heterocycles. The fourth-order valence-electron chi connectivity index (χ4n) is 1.74. The van der Waals surface area contributed by atoms with Crippen LogP contribution in [-0.4, -0.2) is 12.2 Å². The average molecular weight is 311 g/mol. The zero-order chi connectivity index (χ0) is 13.1. The molecule has 0 saturated carbocycles. The second-order valence-electron chi connectivity index (χ2n) is 3.95. The van der Waals surface area contributed by atoms with Crippen LogP contribution in [0.15, 0.2) is 39.2 Å². The molecular formula is C14H15BrO3. The van der Waals surface area contributed by atoms with Crippen LogP contribution in [0, 0.1) is 0 Å². The molecule has 0 aliphatic heterocycles. The fraction of sp³-hybridized carbons (Fsp3) is 0.286. The summed E-state index contributed by atoms with van der Waals surface area (Å²) in [6.07, 6.45) is 0.0434. The maximum Gasteiger partial charge on any atom is 0.138 e. The lowest BCUT2D eigenvalue weighted by atomic mass is 10.1. The highest BCUT2D eigenvalue weighted by Crippen LogP contribution is 2.32. The average Bonchev–Trinajstić information content (AvgIpc) is 2.86. The van der Waals surface area contributed by atoms with E-state index in [-0.39, 0.29) is 0 Å². The van der Waals surface area contributed by atoms with Crippen LogP contribution in [0.3, 0.4) is 0 Å². The van der Waals surface area contributed by atoms with E-state index < -0.39 is 6.10 Å². The highest BCUT2D eigenvalue weighted by atomic mass is 79.9. The van der Waals surface area contributed by atoms with Crippen molar-refractivity contribution in [1.29, 1.82) is 0 Å². The van der Waals surface area contributed by atoms with Gasteiger partial charge in [-0.15, -0.1) is 0 Å². The lowest BCUT2D eigenvalue weighted by Gasteiger charge is -2.11. The third-order valence-corrected chi connectivity index (χ3v) is 3.49. The predicted octanol–water partition coefficient (Wildman–Crippen LogP) is 3.69. The molecule has 3 nitrogen and oxygen atoms in total. The van der Waals surface area contributed by atoms with Gasteiger partial charge in [0.05, 0.1) is 7.11 Å². The van der Waals surface area contributed by atoms with Crippen molar-refractivity contribution in [3.8, 4) is 5.75 Å². The van der Waals surface area contributed by atoms with E-state index in [1.54, 1.807) is 13.2 Å². The Morgan fingerprint density at radius 2 is 2.11 bits per heavy atom. The molecule has 0 spiro atoms. The summed E-state index contributed by atoms with van der Waals surface area (Å²) in [6, 6.07) is 9.15. The highest BCUT2D eigenvalue weighted by Gasteiger charge is 2.17. The molecule has 1 unspecified atom stereocenters. The molecule has 0 radical (unpaired) electrons.